The molecule has 2 rings (SSSR count). The van der Waals surface area contributed by atoms with E-state index in [1.807, 2.05) is 31.2 Å². The predicted octanol–water partition coefficient (Wildman–Crippen LogP) is 2.77. The highest BCUT2D eigenvalue weighted by Crippen LogP contribution is 2.08. The molecule has 16 heavy (non-hydrogen) atoms. The van der Waals surface area contributed by atoms with Crippen LogP contribution in [0.25, 0.3) is 0 Å². The number of carbonyl (C=O) groups is 1. The van der Waals surface area contributed by atoms with Crippen molar-refractivity contribution in [1.82, 2.24) is 0 Å². The number of rotatable bonds is 3. The first-order chi connectivity index (χ1) is 7.74. The minimum atomic E-state index is -0.0706. The van der Waals surface area contributed by atoms with E-state index in [0.29, 0.717) is 12.3 Å². The van der Waals surface area contributed by atoms with Gasteiger partial charge in [0, 0.05) is 6.07 Å². The Hall–Kier alpha value is -2.03. The molecule has 0 aliphatic carbocycles. The third-order valence-corrected chi connectivity index (χ3v) is 2.27. The smallest absolute Gasteiger partial charge is 0.231 e. The molecule has 1 heterocycles. The van der Waals surface area contributed by atoms with Crippen LogP contribution in [0.3, 0.4) is 0 Å². The lowest BCUT2D eigenvalue weighted by Gasteiger charge is -2.02. The molecule has 82 valence electrons. The molecule has 0 bridgehead atoms. The lowest BCUT2D eigenvalue weighted by atomic mass is 10.1. The summed E-state index contributed by atoms with van der Waals surface area (Å²) in [6.45, 7) is 2.02. The molecule has 3 nitrogen and oxygen atoms in total. The quantitative estimate of drug-likeness (QED) is 0.855. The van der Waals surface area contributed by atoms with Crippen LogP contribution in [-0.2, 0) is 11.2 Å². The van der Waals surface area contributed by atoms with Crippen molar-refractivity contribution in [2.75, 3.05) is 5.32 Å². The molecule has 0 aliphatic rings. The lowest BCUT2D eigenvalue weighted by molar-refractivity contribution is -0.115. The van der Waals surface area contributed by atoms with Gasteiger partial charge >= 0.3 is 0 Å². The number of nitrogens with one attached hydrogen (secondary N) is 1. The summed E-state index contributed by atoms with van der Waals surface area (Å²) in [6.07, 6.45) is 1.89. The summed E-state index contributed by atoms with van der Waals surface area (Å²) in [7, 11) is 0. The summed E-state index contributed by atoms with van der Waals surface area (Å²) in [5.74, 6) is 0.413. The van der Waals surface area contributed by atoms with Gasteiger partial charge in [0.15, 0.2) is 5.88 Å². The standard InChI is InChI=1S/C13H13NO2/c1-10-4-6-11(7-5-10)9-12(15)14-13-3-2-8-16-13/h2-8H,9H2,1H3,(H,14,15). The topological polar surface area (TPSA) is 42.2 Å². The van der Waals surface area contributed by atoms with E-state index in [4.69, 9.17) is 4.42 Å². The largest absolute Gasteiger partial charge is 0.449 e. The minimum absolute atomic E-state index is 0.0706. The van der Waals surface area contributed by atoms with Gasteiger partial charge in [-0.1, -0.05) is 29.8 Å². The number of furan rings is 1. The zero-order chi connectivity index (χ0) is 11.4. The van der Waals surface area contributed by atoms with E-state index in [1.165, 1.54) is 11.8 Å². The molecular weight excluding hydrogens is 202 g/mol. The van der Waals surface area contributed by atoms with Gasteiger partial charge in [-0.2, -0.15) is 0 Å². The molecule has 3 heteroatoms. The summed E-state index contributed by atoms with van der Waals surface area (Å²) in [6, 6.07) is 11.4. The van der Waals surface area contributed by atoms with Crippen molar-refractivity contribution in [1.29, 1.82) is 0 Å². The molecule has 2 aromatic rings. The highest BCUT2D eigenvalue weighted by atomic mass is 16.3. The van der Waals surface area contributed by atoms with E-state index >= 15 is 0 Å². The Kier molecular flexibility index (Phi) is 3.05. The van der Waals surface area contributed by atoms with Crippen LogP contribution < -0.4 is 5.32 Å². The van der Waals surface area contributed by atoms with Crippen molar-refractivity contribution in [3.63, 3.8) is 0 Å². The van der Waals surface area contributed by atoms with Gasteiger partial charge in [0.25, 0.3) is 0 Å². The average Bonchev–Trinajstić information content (AvgIpc) is 2.74. The Labute approximate surface area is 94.1 Å². The Morgan fingerprint density at radius 3 is 2.62 bits per heavy atom. The number of hydrogen-bond donors (Lipinski definition) is 1. The zero-order valence-electron chi connectivity index (χ0n) is 9.07. The molecular formula is C13H13NO2. The second-order valence-electron chi connectivity index (χ2n) is 3.69. The Morgan fingerprint density at radius 2 is 2.00 bits per heavy atom. The van der Waals surface area contributed by atoms with Crippen molar-refractivity contribution in [2.24, 2.45) is 0 Å². The third-order valence-electron chi connectivity index (χ3n) is 2.27. The van der Waals surface area contributed by atoms with Gasteiger partial charge in [-0.25, -0.2) is 0 Å². The SMILES string of the molecule is Cc1ccc(CC(=O)Nc2ccco2)cc1. The molecule has 0 saturated heterocycles. The maximum absolute atomic E-state index is 11.6. The summed E-state index contributed by atoms with van der Waals surface area (Å²) in [5, 5.41) is 2.68. The highest BCUT2D eigenvalue weighted by Gasteiger charge is 2.04. The van der Waals surface area contributed by atoms with Crippen LogP contribution in [0.1, 0.15) is 11.1 Å². The molecule has 0 radical (unpaired) electrons. The molecule has 1 amide bonds. The first-order valence-corrected chi connectivity index (χ1v) is 5.13. The predicted molar refractivity (Wildman–Crippen MR) is 62.2 cm³/mol. The third kappa shape index (κ3) is 2.73. The molecule has 1 aromatic carbocycles. The lowest BCUT2D eigenvalue weighted by Crippen LogP contribution is -2.13. The molecule has 0 saturated carbocycles. The molecule has 0 fully saturated rings. The second-order valence-corrected chi connectivity index (χ2v) is 3.69. The number of carbonyl (C=O) groups excluding carboxylic acids is 1. The van der Waals surface area contributed by atoms with Crippen LogP contribution in [0, 0.1) is 6.92 Å². The summed E-state index contributed by atoms with van der Waals surface area (Å²) in [5.41, 5.74) is 2.19. The Morgan fingerprint density at radius 1 is 1.25 bits per heavy atom. The highest BCUT2D eigenvalue weighted by molar-refractivity contribution is 5.90. The number of aryl methyl sites for hydroxylation is 1. The van der Waals surface area contributed by atoms with Crippen molar-refractivity contribution >= 4 is 11.8 Å². The fourth-order valence-electron chi connectivity index (χ4n) is 1.42. The van der Waals surface area contributed by atoms with Gasteiger partial charge in [0.05, 0.1) is 12.7 Å². The van der Waals surface area contributed by atoms with E-state index in [0.717, 1.165) is 5.56 Å². The van der Waals surface area contributed by atoms with E-state index in [1.54, 1.807) is 12.1 Å². The van der Waals surface area contributed by atoms with E-state index in [9.17, 15) is 4.79 Å². The van der Waals surface area contributed by atoms with Crippen LogP contribution in [0.5, 0.6) is 0 Å². The van der Waals surface area contributed by atoms with Crippen LogP contribution in [-0.4, -0.2) is 5.91 Å². The van der Waals surface area contributed by atoms with Gasteiger partial charge in [-0.15, -0.1) is 0 Å². The van der Waals surface area contributed by atoms with Gasteiger partial charge in [0.2, 0.25) is 5.91 Å². The normalized spacial score (nSPS) is 10.1. The van der Waals surface area contributed by atoms with E-state index in [2.05, 4.69) is 5.32 Å². The van der Waals surface area contributed by atoms with Crippen molar-refractivity contribution in [2.45, 2.75) is 13.3 Å². The van der Waals surface area contributed by atoms with Gasteiger partial charge in [0.1, 0.15) is 0 Å². The molecule has 0 spiro atoms. The summed E-state index contributed by atoms with van der Waals surface area (Å²) < 4.78 is 5.03. The maximum atomic E-state index is 11.6. The first kappa shape index (κ1) is 10.5. The monoisotopic (exact) mass is 215 g/mol. The molecule has 0 unspecified atom stereocenters. The molecule has 0 atom stereocenters. The zero-order valence-corrected chi connectivity index (χ0v) is 9.07. The van der Waals surface area contributed by atoms with Crippen LogP contribution in [0.15, 0.2) is 47.1 Å². The van der Waals surface area contributed by atoms with Crippen LogP contribution in [0.2, 0.25) is 0 Å². The molecule has 0 aliphatic heterocycles. The average molecular weight is 215 g/mol. The fraction of sp³-hybridized carbons (Fsp3) is 0.154. The van der Waals surface area contributed by atoms with Gasteiger partial charge in [-0.05, 0) is 18.6 Å². The number of hydrogen-bond acceptors (Lipinski definition) is 2. The fourth-order valence-corrected chi connectivity index (χ4v) is 1.42. The number of anilines is 1. The molecule has 1 N–H and O–H groups in total. The Bertz CT molecular complexity index is 457. The summed E-state index contributed by atoms with van der Waals surface area (Å²) in [4.78, 5) is 11.6. The maximum Gasteiger partial charge on any atom is 0.231 e. The number of benzene rings is 1. The van der Waals surface area contributed by atoms with Gasteiger partial charge < -0.3 is 4.42 Å². The van der Waals surface area contributed by atoms with Crippen molar-refractivity contribution in [3.8, 4) is 0 Å². The first-order valence-electron chi connectivity index (χ1n) is 5.13. The van der Waals surface area contributed by atoms with E-state index in [-0.39, 0.29) is 5.91 Å². The summed E-state index contributed by atoms with van der Waals surface area (Å²) >= 11 is 0. The van der Waals surface area contributed by atoms with Crippen molar-refractivity contribution < 1.29 is 9.21 Å². The minimum Gasteiger partial charge on any atom is -0.449 e. The van der Waals surface area contributed by atoms with Crippen molar-refractivity contribution in [3.05, 3.63) is 53.8 Å². The molecule has 1 aromatic heterocycles. The number of amides is 1. The van der Waals surface area contributed by atoms with E-state index < -0.39 is 0 Å². The second kappa shape index (κ2) is 4.66. The van der Waals surface area contributed by atoms with Crippen LogP contribution in [0.4, 0.5) is 5.88 Å². The Balaban J connectivity index is 1.95. The van der Waals surface area contributed by atoms with Crippen LogP contribution >= 0.6 is 0 Å². The van der Waals surface area contributed by atoms with Gasteiger partial charge in [-0.3, -0.25) is 10.1 Å².